The van der Waals surface area contributed by atoms with Crippen LogP contribution in [0, 0.1) is 16.7 Å². The Labute approximate surface area is 144 Å². The molecule has 0 aromatic heterocycles. The number of hydrogen-bond donors (Lipinski definition) is 0. The van der Waals surface area contributed by atoms with E-state index < -0.39 is 5.41 Å². The Morgan fingerprint density at radius 2 is 2.00 bits per heavy atom. The monoisotopic (exact) mass is 330 g/mol. The first kappa shape index (κ1) is 18.3. The van der Waals surface area contributed by atoms with Gasteiger partial charge in [-0.05, 0) is 51.3 Å². The van der Waals surface area contributed by atoms with Crippen molar-refractivity contribution in [2.75, 3.05) is 20.2 Å². The zero-order valence-electron chi connectivity index (χ0n) is 15.0. The lowest BCUT2D eigenvalue weighted by Crippen LogP contribution is -2.44. The summed E-state index contributed by atoms with van der Waals surface area (Å²) in [5.74, 6) is 0.572. The topological polar surface area (TPSA) is 62.6 Å². The van der Waals surface area contributed by atoms with Crippen molar-refractivity contribution < 1.29 is 14.4 Å². The molecular formula is C19H26N2O3. The lowest BCUT2D eigenvalue weighted by molar-refractivity contribution is -0.207. The van der Waals surface area contributed by atoms with E-state index in [0.29, 0.717) is 19.5 Å². The quantitative estimate of drug-likeness (QED) is 0.846. The molecular weight excluding hydrogens is 304 g/mol. The van der Waals surface area contributed by atoms with Crippen LogP contribution in [-0.4, -0.2) is 31.2 Å². The average Bonchev–Trinajstić information content (AvgIpc) is 2.56. The van der Waals surface area contributed by atoms with Crippen molar-refractivity contribution in [1.82, 2.24) is 5.06 Å². The molecule has 1 aromatic carbocycles. The molecule has 24 heavy (non-hydrogen) atoms. The minimum absolute atomic E-state index is 0.214. The molecule has 0 amide bonds. The number of nitrogens with zero attached hydrogens (tertiary/aromatic N) is 2. The number of benzene rings is 1. The third-order valence-corrected chi connectivity index (χ3v) is 4.60. The van der Waals surface area contributed by atoms with Gasteiger partial charge >= 0.3 is 5.97 Å². The van der Waals surface area contributed by atoms with E-state index in [1.54, 1.807) is 12.2 Å². The van der Waals surface area contributed by atoms with Crippen LogP contribution in [0.3, 0.4) is 0 Å². The number of hydroxylamine groups is 2. The molecule has 0 saturated carbocycles. The lowest BCUT2D eigenvalue weighted by Gasteiger charge is -2.40. The first-order chi connectivity index (χ1) is 11.3. The van der Waals surface area contributed by atoms with Gasteiger partial charge < -0.3 is 9.57 Å². The van der Waals surface area contributed by atoms with Gasteiger partial charge in [-0.3, -0.25) is 0 Å². The fourth-order valence-electron chi connectivity index (χ4n) is 2.93. The Morgan fingerprint density at radius 3 is 2.54 bits per heavy atom. The van der Waals surface area contributed by atoms with Crippen molar-refractivity contribution >= 4 is 5.97 Å². The van der Waals surface area contributed by atoms with Crippen LogP contribution in [-0.2, 0) is 15.0 Å². The molecule has 0 atom stereocenters. The summed E-state index contributed by atoms with van der Waals surface area (Å²) in [7, 11) is 1.64. The van der Waals surface area contributed by atoms with Crippen molar-refractivity contribution in [2.45, 2.75) is 45.4 Å². The Hall–Kier alpha value is -2.06. The van der Waals surface area contributed by atoms with E-state index in [1.165, 1.54) is 0 Å². The Kier molecular flexibility index (Phi) is 5.51. The Balaban J connectivity index is 2.12. The van der Waals surface area contributed by atoms with Gasteiger partial charge in [-0.25, -0.2) is 4.79 Å². The number of piperidine rings is 1. The van der Waals surface area contributed by atoms with Gasteiger partial charge in [-0.1, -0.05) is 12.1 Å². The highest BCUT2D eigenvalue weighted by molar-refractivity contribution is 5.75. The van der Waals surface area contributed by atoms with Crippen molar-refractivity contribution in [3.05, 3.63) is 29.8 Å². The molecule has 1 aliphatic rings. The molecule has 0 bridgehead atoms. The number of carbonyl (C=O) groups is 1. The number of rotatable bonds is 4. The van der Waals surface area contributed by atoms with Gasteiger partial charge in [0.2, 0.25) is 0 Å². The number of carbonyl (C=O) groups excluding carboxylic acids is 1. The molecule has 0 aliphatic carbocycles. The maximum Gasteiger partial charge on any atom is 0.330 e. The first-order valence-corrected chi connectivity index (χ1v) is 8.29. The van der Waals surface area contributed by atoms with E-state index in [9.17, 15) is 10.1 Å². The molecule has 1 saturated heterocycles. The fraction of sp³-hybridized carbons (Fsp3) is 0.579. The van der Waals surface area contributed by atoms with Crippen LogP contribution >= 0.6 is 0 Å². The fourth-order valence-corrected chi connectivity index (χ4v) is 2.93. The zero-order valence-corrected chi connectivity index (χ0v) is 15.0. The molecule has 1 fully saturated rings. The van der Waals surface area contributed by atoms with E-state index >= 15 is 0 Å². The van der Waals surface area contributed by atoms with E-state index in [2.05, 4.69) is 12.1 Å². The minimum atomic E-state index is -0.520. The zero-order chi connectivity index (χ0) is 17.8. The van der Waals surface area contributed by atoms with Crippen LogP contribution in [0.15, 0.2) is 24.3 Å². The Bertz CT molecular complexity index is 620. The van der Waals surface area contributed by atoms with E-state index in [4.69, 9.17) is 9.57 Å². The number of hydrogen-bond acceptors (Lipinski definition) is 5. The van der Waals surface area contributed by atoms with Gasteiger partial charge in [0.15, 0.2) is 0 Å². The van der Waals surface area contributed by atoms with Crippen LogP contribution in [0.5, 0.6) is 5.75 Å². The highest BCUT2D eigenvalue weighted by atomic mass is 16.7. The summed E-state index contributed by atoms with van der Waals surface area (Å²) in [4.78, 5) is 17.5. The predicted octanol–water partition coefficient (Wildman–Crippen LogP) is 3.45. The van der Waals surface area contributed by atoms with Crippen LogP contribution in [0.25, 0.3) is 0 Å². The first-order valence-electron chi connectivity index (χ1n) is 8.29. The van der Waals surface area contributed by atoms with Crippen molar-refractivity contribution in [1.29, 1.82) is 5.26 Å². The van der Waals surface area contributed by atoms with Crippen LogP contribution < -0.4 is 4.74 Å². The van der Waals surface area contributed by atoms with Crippen molar-refractivity contribution in [3.63, 3.8) is 0 Å². The lowest BCUT2D eigenvalue weighted by atomic mass is 9.71. The summed E-state index contributed by atoms with van der Waals surface area (Å²) in [6, 6.07) is 10.3. The molecule has 5 nitrogen and oxygen atoms in total. The van der Waals surface area contributed by atoms with Crippen molar-refractivity contribution in [3.8, 4) is 11.8 Å². The second kappa shape index (κ2) is 7.23. The molecule has 1 aromatic rings. The number of nitriles is 1. The molecule has 0 unspecified atom stereocenters. The smallest absolute Gasteiger partial charge is 0.330 e. The summed E-state index contributed by atoms with van der Waals surface area (Å²) in [6.45, 7) is 6.78. The van der Waals surface area contributed by atoms with Gasteiger partial charge in [0.25, 0.3) is 0 Å². The van der Waals surface area contributed by atoms with Crippen LogP contribution in [0.2, 0.25) is 0 Å². The number of methoxy groups -OCH3 is 1. The van der Waals surface area contributed by atoms with Gasteiger partial charge in [0, 0.05) is 24.9 Å². The summed E-state index contributed by atoms with van der Waals surface area (Å²) >= 11 is 0. The van der Waals surface area contributed by atoms with Crippen LogP contribution in [0.1, 0.15) is 45.6 Å². The summed E-state index contributed by atoms with van der Waals surface area (Å²) < 4.78 is 5.32. The standard InChI is InChI=1S/C19H26N2O3/c1-18(2,3)17(22)24-21-12-9-19(8-11-20,10-13-21)15-6-5-7-16(14-15)23-4/h5-7,14H,8-10,12-13H2,1-4H3. The van der Waals surface area contributed by atoms with Gasteiger partial charge in [0.05, 0.1) is 18.6 Å². The van der Waals surface area contributed by atoms with E-state index in [0.717, 1.165) is 24.2 Å². The summed E-state index contributed by atoms with van der Waals surface area (Å²) in [5.41, 5.74) is 0.382. The second-order valence-electron chi connectivity index (χ2n) is 7.40. The predicted molar refractivity (Wildman–Crippen MR) is 91.3 cm³/mol. The van der Waals surface area contributed by atoms with E-state index in [1.807, 2.05) is 39.0 Å². The van der Waals surface area contributed by atoms with Gasteiger partial charge in [0.1, 0.15) is 5.75 Å². The average molecular weight is 330 g/mol. The minimum Gasteiger partial charge on any atom is -0.497 e. The molecule has 0 spiro atoms. The molecule has 5 heteroatoms. The van der Waals surface area contributed by atoms with Gasteiger partial charge in [-0.2, -0.15) is 5.26 Å². The number of ether oxygens (including phenoxy) is 1. The third kappa shape index (κ3) is 4.07. The molecule has 1 heterocycles. The van der Waals surface area contributed by atoms with E-state index in [-0.39, 0.29) is 11.4 Å². The molecule has 130 valence electrons. The maximum absolute atomic E-state index is 12.0. The molecule has 0 radical (unpaired) electrons. The normalized spacial score (nSPS) is 17.8. The SMILES string of the molecule is COc1cccc(C2(CC#N)CCN(OC(=O)C(C)(C)C)CC2)c1. The highest BCUT2D eigenvalue weighted by Crippen LogP contribution is 2.39. The third-order valence-electron chi connectivity index (χ3n) is 4.60. The largest absolute Gasteiger partial charge is 0.497 e. The van der Waals surface area contributed by atoms with Crippen LogP contribution in [0.4, 0.5) is 0 Å². The molecule has 0 N–H and O–H groups in total. The summed E-state index contributed by atoms with van der Waals surface area (Å²) in [5, 5.41) is 11.0. The molecule has 2 rings (SSSR count). The van der Waals surface area contributed by atoms with Gasteiger partial charge in [-0.15, -0.1) is 5.06 Å². The molecule has 1 aliphatic heterocycles. The highest BCUT2D eigenvalue weighted by Gasteiger charge is 2.38. The second-order valence-corrected chi connectivity index (χ2v) is 7.40. The summed E-state index contributed by atoms with van der Waals surface area (Å²) in [6.07, 6.45) is 1.98. The maximum atomic E-state index is 12.0. The van der Waals surface area contributed by atoms with Crippen molar-refractivity contribution in [2.24, 2.45) is 5.41 Å². The Morgan fingerprint density at radius 1 is 1.33 bits per heavy atom.